The van der Waals surface area contributed by atoms with Crippen molar-refractivity contribution in [2.24, 2.45) is 5.41 Å². The van der Waals surface area contributed by atoms with Crippen molar-refractivity contribution in [3.8, 4) is 11.5 Å². The average molecular weight is 396 g/mol. The summed E-state index contributed by atoms with van der Waals surface area (Å²) >= 11 is 0. The van der Waals surface area contributed by atoms with Crippen LogP contribution in [0.25, 0.3) is 0 Å². The molecule has 1 unspecified atom stereocenters. The van der Waals surface area contributed by atoms with Gasteiger partial charge in [0.1, 0.15) is 12.6 Å². The van der Waals surface area contributed by atoms with Crippen LogP contribution in [0.3, 0.4) is 0 Å². The van der Waals surface area contributed by atoms with Crippen LogP contribution in [0.1, 0.15) is 50.5 Å². The number of hydrogen-bond donors (Lipinski definition) is 2. The number of aliphatic hydroxyl groups is 1. The van der Waals surface area contributed by atoms with E-state index in [-0.39, 0.29) is 17.8 Å². The topological polar surface area (TPSA) is 98.5 Å². The molecular weight excluding hydrogens is 372 g/mol. The summed E-state index contributed by atoms with van der Waals surface area (Å²) in [6.45, 7) is 5.14. The zero-order valence-corrected chi connectivity index (χ0v) is 16.6. The Bertz CT molecular complexity index is 1020. The summed E-state index contributed by atoms with van der Waals surface area (Å²) in [5.74, 6) is 2.34. The first-order valence-electron chi connectivity index (χ1n) is 9.94. The Hall–Kier alpha value is -2.87. The first-order valence-corrected chi connectivity index (χ1v) is 9.94. The minimum absolute atomic E-state index is 0.104. The Morgan fingerprint density at radius 2 is 2.03 bits per heavy atom. The summed E-state index contributed by atoms with van der Waals surface area (Å²) in [6.07, 6.45) is 2.05. The lowest BCUT2D eigenvalue weighted by Gasteiger charge is -2.38. The molecule has 1 aromatic carbocycles. The number of anilines is 1. The van der Waals surface area contributed by atoms with Gasteiger partial charge < -0.3 is 19.9 Å². The molecule has 2 aliphatic heterocycles. The Labute approximate surface area is 168 Å². The zero-order valence-electron chi connectivity index (χ0n) is 16.6. The molecule has 2 aromatic rings. The quantitative estimate of drug-likeness (QED) is 0.805. The lowest BCUT2D eigenvalue weighted by Crippen LogP contribution is -2.36. The fourth-order valence-electron chi connectivity index (χ4n) is 4.38. The maximum absolute atomic E-state index is 13.2. The first kappa shape index (κ1) is 18.2. The molecule has 3 aliphatic rings. The number of nitrogens with one attached hydrogen (secondary N) is 1. The van der Waals surface area contributed by atoms with Gasteiger partial charge in [-0.2, -0.15) is 10.1 Å². The Balaban J connectivity index is 1.66. The molecule has 5 rings (SSSR count). The van der Waals surface area contributed by atoms with Crippen LogP contribution in [0.15, 0.2) is 29.5 Å². The highest BCUT2D eigenvalue weighted by Crippen LogP contribution is 2.46. The molecule has 8 heteroatoms. The lowest BCUT2D eigenvalue weighted by atomic mass is 9.73. The van der Waals surface area contributed by atoms with Gasteiger partial charge in [-0.3, -0.25) is 4.79 Å². The van der Waals surface area contributed by atoms with Crippen molar-refractivity contribution < 1.29 is 19.4 Å². The smallest absolute Gasteiger partial charge is 0.226 e. The third-order valence-corrected chi connectivity index (χ3v) is 5.60. The molecule has 8 nitrogen and oxygen atoms in total. The van der Waals surface area contributed by atoms with Crippen LogP contribution in [0.5, 0.6) is 11.5 Å². The number of ether oxygens (including phenoxy) is 2. The number of rotatable bonds is 2. The van der Waals surface area contributed by atoms with Gasteiger partial charge in [-0.05, 0) is 29.5 Å². The minimum atomic E-state index is -0.421. The van der Waals surface area contributed by atoms with Crippen molar-refractivity contribution in [2.45, 2.75) is 45.8 Å². The van der Waals surface area contributed by atoms with E-state index in [9.17, 15) is 9.90 Å². The summed E-state index contributed by atoms with van der Waals surface area (Å²) in [5, 5.41) is 17.3. The highest BCUT2D eigenvalue weighted by molar-refractivity contribution is 6.00. The molecule has 0 amide bonds. The standard InChI is InChI=1S/C21H24N4O4/c1-21(2)9-13-18(14(27)10-21)19(25-20(22-13)23-17(11-26)24-25)12-4-5-15-16(8-12)29-7-3-6-28-15/h4-5,8,19,26H,3,6-7,9-11H2,1-2H3,(H,22,23,24). The van der Waals surface area contributed by atoms with Crippen LogP contribution in [0.2, 0.25) is 0 Å². The van der Waals surface area contributed by atoms with Crippen molar-refractivity contribution in [3.63, 3.8) is 0 Å². The van der Waals surface area contributed by atoms with E-state index >= 15 is 0 Å². The Morgan fingerprint density at radius 1 is 1.24 bits per heavy atom. The number of fused-ring (bicyclic) bond motifs is 2. The Kier molecular flexibility index (Phi) is 4.13. The van der Waals surface area contributed by atoms with Crippen LogP contribution < -0.4 is 14.8 Å². The number of aliphatic hydroxyl groups excluding tert-OH is 1. The second kappa shape index (κ2) is 6.59. The molecule has 2 N–H and O–H groups in total. The van der Waals surface area contributed by atoms with E-state index in [1.807, 2.05) is 18.2 Å². The van der Waals surface area contributed by atoms with Gasteiger partial charge in [0.25, 0.3) is 0 Å². The van der Waals surface area contributed by atoms with E-state index in [0.29, 0.717) is 48.5 Å². The third-order valence-electron chi connectivity index (χ3n) is 5.60. The normalized spacial score (nSPS) is 22.4. The maximum Gasteiger partial charge on any atom is 0.226 e. The number of ketones is 1. The highest BCUT2D eigenvalue weighted by Gasteiger charge is 2.42. The summed E-state index contributed by atoms with van der Waals surface area (Å²) in [6, 6.07) is 5.35. The van der Waals surface area contributed by atoms with Crippen LogP contribution in [-0.2, 0) is 11.4 Å². The minimum Gasteiger partial charge on any atom is -0.490 e. The van der Waals surface area contributed by atoms with Crippen molar-refractivity contribution in [3.05, 3.63) is 40.9 Å². The molecule has 1 aliphatic carbocycles. The van der Waals surface area contributed by atoms with E-state index in [4.69, 9.17) is 9.47 Å². The van der Waals surface area contributed by atoms with Gasteiger partial charge in [0.05, 0.1) is 13.2 Å². The van der Waals surface area contributed by atoms with Gasteiger partial charge in [0.2, 0.25) is 5.95 Å². The summed E-state index contributed by atoms with van der Waals surface area (Å²) in [5.41, 5.74) is 2.35. The number of allylic oxidation sites excluding steroid dienone is 2. The fraction of sp³-hybridized carbons (Fsp3) is 0.476. The molecule has 0 bridgehead atoms. The third kappa shape index (κ3) is 3.07. The molecular formula is C21H24N4O4. The molecule has 29 heavy (non-hydrogen) atoms. The maximum atomic E-state index is 13.2. The number of nitrogens with zero attached hydrogens (tertiary/aromatic N) is 3. The van der Waals surface area contributed by atoms with Gasteiger partial charge >= 0.3 is 0 Å². The van der Waals surface area contributed by atoms with Crippen LogP contribution in [0, 0.1) is 5.41 Å². The molecule has 1 aromatic heterocycles. The predicted molar refractivity (Wildman–Crippen MR) is 105 cm³/mol. The highest BCUT2D eigenvalue weighted by atomic mass is 16.5. The molecule has 0 saturated carbocycles. The SMILES string of the molecule is CC1(C)CC(=O)C2=C(C1)Nc1nc(CO)nn1C2c1ccc2c(c1)OCCCO2. The number of carbonyl (C=O) groups excluding carboxylic acids is 1. The molecule has 0 radical (unpaired) electrons. The summed E-state index contributed by atoms with van der Waals surface area (Å²) in [4.78, 5) is 17.6. The summed E-state index contributed by atoms with van der Waals surface area (Å²) < 4.78 is 13.3. The number of hydrogen-bond acceptors (Lipinski definition) is 7. The molecule has 3 heterocycles. The molecule has 0 fully saturated rings. The Morgan fingerprint density at radius 3 is 2.83 bits per heavy atom. The van der Waals surface area contributed by atoms with Crippen LogP contribution in [0.4, 0.5) is 5.95 Å². The molecule has 152 valence electrons. The summed E-state index contributed by atoms with van der Waals surface area (Å²) in [7, 11) is 0. The van der Waals surface area contributed by atoms with Crippen LogP contribution in [-0.4, -0.2) is 38.9 Å². The second-order valence-electron chi connectivity index (χ2n) is 8.57. The van der Waals surface area contributed by atoms with Crippen molar-refractivity contribution in [1.29, 1.82) is 0 Å². The van der Waals surface area contributed by atoms with Crippen molar-refractivity contribution in [2.75, 3.05) is 18.5 Å². The lowest BCUT2D eigenvalue weighted by molar-refractivity contribution is -0.118. The van der Waals surface area contributed by atoms with E-state index in [0.717, 1.165) is 24.1 Å². The first-order chi connectivity index (χ1) is 13.9. The second-order valence-corrected chi connectivity index (χ2v) is 8.57. The van der Waals surface area contributed by atoms with Gasteiger partial charge in [-0.15, -0.1) is 0 Å². The zero-order chi connectivity index (χ0) is 20.2. The van der Waals surface area contributed by atoms with Crippen molar-refractivity contribution >= 4 is 11.7 Å². The van der Waals surface area contributed by atoms with E-state index in [2.05, 4.69) is 29.2 Å². The van der Waals surface area contributed by atoms with E-state index in [1.54, 1.807) is 4.68 Å². The number of aromatic nitrogens is 3. The number of benzene rings is 1. The fourth-order valence-corrected chi connectivity index (χ4v) is 4.38. The van der Waals surface area contributed by atoms with E-state index < -0.39 is 6.04 Å². The number of carbonyl (C=O) groups is 1. The molecule has 1 atom stereocenters. The predicted octanol–water partition coefficient (Wildman–Crippen LogP) is 2.59. The van der Waals surface area contributed by atoms with Gasteiger partial charge in [-0.25, -0.2) is 4.68 Å². The van der Waals surface area contributed by atoms with Gasteiger partial charge in [-0.1, -0.05) is 19.9 Å². The molecule has 0 spiro atoms. The number of Topliss-reactive ketones (excluding diaryl/α,β-unsaturated/α-hetero) is 1. The average Bonchev–Trinajstić information content (AvgIpc) is 2.93. The largest absolute Gasteiger partial charge is 0.490 e. The van der Waals surface area contributed by atoms with Gasteiger partial charge in [0, 0.05) is 24.1 Å². The van der Waals surface area contributed by atoms with Crippen molar-refractivity contribution in [1.82, 2.24) is 14.8 Å². The van der Waals surface area contributed by atoms with Gasteiger partial charge in [0.15, 0.2) is 23.1 Å². The van der Waals surface area contributed by atoms with E-state index in [1.165, 1.54) is 0 Å². The van der Waals surface area contributed by atoms with Crippen LogP contribution >= 0.6 is 0 Å². The monoisotopic (exact) mass is 396 g/mol. The molecule has 0 saturated heterocycles.